The zero-order chi connectivity index (χ0) is 8.67. The molecule has 0 aromatic heterocycles. The number of nitrogens with one attached hydrogen (secondary N) is 1. The van der Waals surface area contributed by atoms with Gasteiger partial charge in [-0.25, -0.2) is 0 Å². The Morgan fingerprint density at radius 1 is 1.08 bits per heavy atom. The average Bonchev–Trinajstić information content (AvgIpc) is 3.00. The molecule has 0 saturated carbocycles. The molecule has 1 fully saturated rings. The molecule has 1 heterocycles. The van der Waals surface area contributed by atoms with Crippen molar-refractivity contribution in [3.05, 3.63) is 34.9 Å². The first-order valence-electron chi connectivity index (χ1n) is 5.28. The van der Waals surface area contributed by atoms with Gasteiger partial charge in [0.25, 0.3) is 0 Å². The highest BCUT2D eigenvalue weighted by atomic mass is 15.1. The van der Waals surface area contributed by atoms with E-state index in [0.717, 1.165) is 0 Å². The molecule has 1 N–H and O–H groups in total. The summed E-state index contributed by atoms with van der Waals surface area (Å²) in [7, 11) is 0. The number of hydrogen-bond acceptors (Lipinski definition) is 1. The summed E-state index contributed by atoms with van der Waals surface area (Å²) in [5.41, 5.74) is 4.70. The summed E-state index contributed by atoms with van der Waals surface area (Å²) in [5, 5.41) is 3.36. The topological polar surface area (TPSA) is 21.9 Å². The van der Waals surface area contributed by atoms with E-state index in [4.69, 9.17) is 0 Å². The second kappa shape index (κ2) is 2.85. The molecule has 1 aliphatic heterocycles. The molecule has 0 radical (unpaired) electrons. The molecule has 1 aliphatic carbocycles. The van der Waals surface area contributed by atoms with Gasteiger partial charge >= 0.3 is 0 Å². The highest BCUT2D eigenvalue weighted by molar-refractivity contribution is 5.36. The lowest BCUT2D eigenvalue weighted by Crippen LogP contribution is -2.03. The molecule has 1 nitrogen and oxygen atoms in total. The van der Waals surface area contributed by atoms with Crippen LogP contribution >= 0.6 is 0 Å². The van der Waals surface area contributed by atoms with Crippen molar-refractivity contribution < 1.29 is 0 Å². The molecule has 1 atom stereocenters. The van der Waals surface area contributed by atoms with Crippen molar-refractivity contribution in [3.8, 4) is 0 Å². The zero-order valence-corrected chi connectivity index (χ0v) is 7.84. The van der Waals surface area contributed by atoms with E-state index in [9.17, 15) is 0 Å². The van der Waals surface area contributed by atoms with Gasteiger partial charge in [0.05, 0.1) is 0 Å². The molecule has 68 valence electrons. The first kappa shape index (κ1) is 7.57. The fourth-order valence-corrected chi connectivity index (χ4v) is 2.26. The van der Waals surface area contributed by atoms with Gasteiger partial charge in [0, 0.05) is 12.6 Å². The summed E-state index contributed by atoms with van der Waals surface area (Å²) < 4.78 is 0. The maximum atomic E-state index is 3.36. The standard InChI is InChI=1S/C12H15N/c1-2-4-10-7-11(12-8-13-12)6-5-9(10)3-1/h5-7,12-13H,1-4,8H2. The van der Waals surface area contributed by atoms with E-state index in [0.29, 0.717) is 6.04 Å². The quantitative estimate of drug-likeness (QED) is 0.646. The lowest BCUT2D eigenvalue weighted by atomic mass is 9.90. The molecule has 2 aliphatic rings. The van der Waals surface area contributed by atoms with Crippen molar-refractivity contribution in [2.45, 2.75) is 31.7 Å². The molecule has 3 rings (SSSR count). The number of rotatable bonds is 1. The molecule has 0 spiro atoms. The van der Waals surface area contributed by atoms with Gasteiger partial charge in [0.2, 0.25) is 0 Å². The SMILES string of the molecule is c1cc2c(cc1C1CN1)CCCC2. The number of benzene rings is 1. The lowest BCUT2D eigenvalue weighted by molar-refractivity contribution is 0.684. The van der Waals surface area contributed by atoms with Gasteiger partial charge in [-0.05, 0) is 42.4 Å². The fourth-order valence-electron chi connectivity index (χ4n) is 2.26. The minimum absolute atomic E-state index is 0.673. The van der Waals surface area contributed by atoms with Crippen LogP contribution in [0.25, 0.3) is 0 Å². The maximum Gasteiger partial charge on any atom is 0.0447 e. The van der Waals surface area contributed by atoms with Crippen LogP contribution in [-0.2, 0) is 12.8 Å². The summed E-state index contributed by atoms with van der Waals surface area (Å²) >= 11 is 0. The van der Waals surface area contributed by atoms with Crippen LogP contribution in [-0.4, -0.2) is 6.54 Å². The van der Waals surface area contributed by atoms with Gasteiger partial charge in [-0.15, -0.1) is 0 Å². The van der Waals surface area contributed by atoms with E-state index < -0.39 is 0 Å². The third-order valence-electron chi connectivity index (χ3n) is 3.18. The fraction of sp³-hybridized carbons (Fsp3) is 0.500. The highest BCUT2D eigenvalue weighted by Gasteiger charge is 2.23. The average molecular weight is 173 g/mol. The Bertz CT molecular complexity index is 326. The molecule has 1 saturated heterocycles. The number of hydrogen-bond donors (Lipinski definition) is 1. The summed E-state index contributed by atoms with van der Waals surface area (Å²) in [6.07, 6.45) is 5.37. The second-order valence-corrected chi connectivity index (χ2v) is 4.20. The zero-order valence-electron chi connectivity index (χ0n) is 7.84. The van der Waals surface area contributed by atoms with Crippen molar-refractivity contribution >= 4 is 0 Å². The van der Waals surface area contributed by atoms with Crippen molar-refractivity contribution in [1.82, 2.24) is 5.32 Å². The van der Waals surface area contributed by atoms with Gasteiger partial charge in [0.15, 0.2) is 0 Å². The minimum atomic E-state index is 0.673. The number of fused-ring (bicyclic) bond motifs is 1. The van der Waals surface area contributed by atoms with Crippen LogP contribution in [0.1, 0.15) is 35.6 Å². The molecule has 13 heavy (non-hydrogen) atoms. The molecular weight excluding hydrogens is 158 g/mol. The third-order valence-corrected chi connectivity index (χ3v) is 3.18. The van der Waals surface area contributed by atoms with E-state index >= 15 is 0 Å². The Kier molecular flexibility index (Phi) is 1.66. The Labute approximate surface area is 79.2 Å². The van der Waals surface area contributed by atoms with Gasteiger partial charge in [-0.2, -0.15) is 0 Å². The van der Waals surface area contributed by atoms with Crippen LogP contribution in [0.15, 0.2) is 18.2 Å². The minimum Gasteiger partial charge on any atom is -0.307 e. The van der Waals surface area contributed by atoms with Crippen LogP contribution < -0.4 is 5.32 Å². The van der Waals surface area contributed by atoms with E-state index in [1.807, 2.05) is 0 Å². The van der Waals surface area contributed by atoms with E-state index in [-0.39, 0.29) is 0 Å². The molecule has 0 bridgehead atoms. The number of aryl methyl sites for hydroxylation is 2. The summed E-state index contributed by atoms with van der Waals surface area (Å²) in [5.74, 6) is 0. The maximum absolute atomic E-state index is 3.36. The predicted molar refractivity (Wildman–Crippen MR) is 53.8 cm³/mol. The largest absolute Gasteiger partial charge is 0.307 e. The van der Waals surface area contributed by atoms with Gasteiger partial charge in [-0.3, -0.25) is 0 Å². The molecular formula is C12H15N. The van der Waals surface area contributed by atoms with Crippen LogP contribution in [0.2, 0.25) is 0 Å². The van der Waals surface area contributed by atoms with Crippen LogP contribution in [0.4, 0.5) is 0 Å². The monoisotopic (exact) mass is 173 g/mol. The summed E-state index contributed by atoms with van der Waals surface area (Å²) in [6.45, 7) is 1.18. The van der Waals surface area contributed by atoms with E-state index in [1.165, 1.54) is 37.8 Å². The predicted octanol–water partition coefficient (Wildman–Crippen LogP) is 2.21. The first-order valence-corrected chi connectivity index (χ1v) is 5.28. The normalized spacial score (nSPS) is 25.4. The molecule has 0 amide bonds. The molecule has 1 aromatic rings. The Morgan fingerprint density at radius 3 is 2.62 bits per heavy atom. The van der Waals surface area contributed by atoms with Crippen LogP contribution in [0.5, 0.6) is 0 Å². The highest BCUT2D eigenvalue weighted by Crippen LogP contribution is 2.27. The van der Waals surface area contributed by atoms with Gasteiger partial charge < -0.3 is 5.32 Å². The summed E-state index contributed by atoms with van der Waals surface area (Å²) in [6, 6.07) is 7.73. The van der Waals surface area contributed by atoms with E-state index in [2.05, 4.69) is 23.5 Å². The second-order valence-electron chi connectivity index (χ2n) is 4.20. The first-order chi connectivity index (χ1) is 6.43. The molecule has 1 aromatic carbocycles. The van der Waals surface area contributed by atoms with Crippen molar-refractivity contribution in [2.24, 2.45) is 0 Å². The van der Waals surface area contributed by atoms with Crippen LogP contribution in [0.3, 0.4) is 0 Å². The third kappa shape index (κ3) is 1.37. The van der Waals surface area contributed by atoms with E-state index in [1.54, 1.807) is 11.1 Å². The lowest BCUT2D eigenvalue weighted by Gasteiger charge is -2.16. The molecule has 1 heteroatoms. The van der Waals surface area contributed by atoms with Gasteiger partial charge in [-0.1, -0.05) is 18.2 Å². The van der Waals surface area contributed by atoms with Crippen LogP contribution in [0, 0.1) is 0 Å². The van der Waals surface area contributed by atoms with Gasteiger partial charge in [0.1, 0.15) is 0 Å². The Morgan fingerprint density at radius 2 is 1.85 bits per heavy atom. The smallest absolute Gasteiger partial charge is 0.0447 e. The summed E-state index contributed by atoms with van der Waals surface area (Å²) in [4.78, 5) is 0. The Balaban J connectivity index is 1.98. The molecule has 1 unspecified atom stereocenters. The Hall–Kier alpha value is -0.820. The van der Waals surface area contributed by atoms with Crippen molar-refractivity contribution in [2.75, 3.05) is 6.54 Å². The van der Waals surface area contributed by atoms with Crippen molar-refractivity contribution in [1.29, 1.82) is 0 Å². The van der Waals surface area contributed by atoms with Crippen molar-refractivity contribution in [3.63, 3.8) is 0 Å².